The van der Waals surface area contributed by atoms with Crippen LogP contribution in [0.5, 0.6) is 11.5 Å². The van der Waals surface area contributed by atoms with E-state index in [9.17, 15) is 10.1 Å². The second-order valence-electron chi connectivity index (χ2n) is 5.22. The highest BCUT2D eigenvalue weighted by molar-refractivity contribution is 5.69. The molecule has 0 unspecified atom stereocenters. The first-order valence-corrected chi connectivity index (χ1v) is 7.10. The van der Waals surface area contributed by atoms with E-state index in [4.69, 9.17) is 9.47 Å². The van der Waals surface area contributed by atoms with Gasteiger partial charge in [-0.15, -0.1) is 0 Å². The minimum Gasteiger partial charge on any atom is -0.454 e. The van der Waals surface area contributed by atoms with Crippen molar-refractivity contribution in [2.45, 2.75) is 6.54 Å². The Labute approximate surface area is 137 Å². The molecule has 2 N–H and O–H groups in total. The van der Waals surface area contributed by atoms with Gasteiger partial charge in [0.05, 0.1) is 4.92 Å². The van der Waals surface area contributed by atoms with E-state index in [1.807, 2.05) is 12.1 Å². The maximum atomic E-state index is 11.4. The maximum absolute atomic E-state index is 11.4. The van der Waals surface area contributed by atoms with E-state index in [1.54, 1.807) is 25.2 Å². The van der Waals surface area contributed by atoms with Gasteiger partial charge in [0, 0.05) is 20.6 Å². The first-order chi connectivity index (χ1) is 11.5. The first-order valence-electron chi connectivity index (χ1n) is 7.10. The number of rotatable bonds is 6. The highest BCUT2D eigenvalue weighted by Gasteiger charge is 2.23. The number of hydrogen-bond donors (Lipinski definition) is 2. The van der Waals surface area contributed by atoms with Crippen molar-refractivity contribution in [1.82, 2.24) is 15.0 Å². The number of anilines is 2. The Hall–Kier alpha value is -3.14. The van der Waals surface area contributed by atoms with Crippen LogP contribution in [0.2, 0.25) is 0 Å². The summed E-state index contributed by atoms with van der Waals surface area (Å²) in [5.41, 5.74) is 3.46. The molecule has 126 valence electrons. The number of nitro groups is 1. The maximum Gasteiger partial charge on any atom is 0.354 e. The summed E-state index contributed by atoms with van der Waals surface area (Å²) in [5.74, 6) is 1.59. The lowest BCUT2D eigenvalue weighted by Gasteiger charge is -2.14. The molecule has 0 fully saturated rings. The molecular weight excluding hydrogens is 316 g/mol. The van der Waals surface area contributed by atoms with E-state index < -0.39 is 4.92 Å². The summed E-state index contributed by atoms with van der Waals surface area (Å²) in [5, 5.41) is 15.9. The molecule has 0 spiro atoms. The molecule has 0 amide bonds. The van der Waals surface area contributed by atoms with Gasteiger partial charge in [0.25, 0.3) is 0 Å². The van der Waals surface area contributed by atoms with E-state index in [1.165, 1.54) is 6.33 Å². The van der Waals surface area contributed by atoms with Crippen LogP contribution in [0.3, 0.4) is 0 Å². The van der Waals surface area contributed by atoms with Crippen molar-refractivity contribution in [2.24, 2.45) is 0 Å². The second kappa shape index (κ2) is 6.54. The predicted molar refractivity (Wildman–Crippen MR) is 85.9 cm³/mol. The van der Waals surface area contributed by atoms with Crippen LogP contribution in [0, 0.1) is 10.1 Å². The Balaban J connectivity index is 1.80. The lowest BCUT2D eigenvalue weighted by molar-refractivity contribution is -0.383. The zero-order chi connectivity index (χ0) is 17.1. The number of nitrogens with one attached hydrogen (secondary N) is 2. The van der Waals surface area contributed by atoms with Crippen LogP contribution >= 0.6 is 0 Å². The van der Waals surface area contributed by atoms with Crippen molar-refractivity contribution >= 4 is 17.3 Å². The zero-order valence-corrected chi connectivity index (χ0v) is 13.1. The van der Waals surface area contributed by atoms with Crippen molar-refractivity contribution in [1.29, 1.82) is 0 Å². The fourth-order valence-corrected chi connectivity index (χ4v) is 2.21. The van der Waals surface area contributed by atoms with E-state index in [0.717, 1.165) is 5.56 Å². The van der Waals surface area contributed by atoms with E-state index in [-0.39, 0.29) is 24.1 Å². The first kappa shape index (κ1) is 15.7. The Morgan fingerprint density at radius 3 is 2.75 bits per heavy atom. The van der Waals surface area contributed by atoms with Gasteiger partial charge >= 0.3 is 5.69 Å². The van der Waals surface area contributed by atoms with Crippen LogP contribution < -0.4 is 20.2 Å². The molecule has 1 aliphatic heterocycles. The van der Waals surface area contributed by atoms with Crippen LogP contribution in [-0.4, -0.2) is 40.8 Å². The molecule has 0 saturated carbocycles. The molecule has 24 heavy (non-hydrogen) atoms. The molecule has 2 heterocycles. The number of fused-ring (bicyclic) bond motifs is 1. The molecule has 10 nitrogen and oxygen atoms in total. The van der Waals surface area contributed by atoms with Crippen LogP contribution in [-0.2, 0) is 6.54 Å². The number of aromatic nitrogens is 2. The summed E-state index contributed by atoms with van der Waals surface area (Å²) in [6.45, 7) is 0.541. The van der Waals surface area contributed by atoms with Crippen molar-refractivity contribution in [3.8, 4) is 11.5 Å². The smallest absolute Gasteiger partial charge is 0.354 e. The molecule has 3 rings (SSSR count). The van der Waals surface area contributed by atoms with Crippen LogP contribution in [0.1, 0.15) is 5.56 Å². The fourth-order valence-electron chi connectivity index (χ4n) is 2.21. The van der Waals surface area contributed by atoms with Crippen molar-refractivity contribution in [3.05, 3.63) is 40.2 Å². The van der Waals surface area contributed by atoms with Gasteiger partial charge in [-0.2, -0.15) is 0 Å². The molecule has 0 radical (unpaired) electrons. The Morgan fingerprint density at radius 2 is 2.00 bits per heavy atom. The van der Waals surface area contributed by atoms with Gasteiger partial charge in [-0.25, -0.2) is 15.0 Å². The number of benzene rings is 1. The monoisotopic (exact) mass is 332 g/mol. The van der Waals surface area contributed by atoms with Gasteiger partial charge in [0.1, 0.15) is 6.33 Å². The predicted octanol–water partition coefficient (Wildman–Crippen LogP) is 1.61. The van der Waals surface area contributed by atoms with Crippen LogP contribution in [0.15, 0.2) is 24.5 Å². The minimum absolute atomic E-state index is 0.119. The van der Waals surface area contributed by atoms with Crippen molar-refractivity contribution in [2.75, 3.05) is 31.6 Å². The average Bonchev–Trinajstić information content (AvgIpc) is 2.99. The van der Waals surface area contributed by atoms with Gasteiger partial charge < -0.3 is 14.8 Å². The SMILES string of the molecule is CN(C)Nc1ncnc(NCc2ccc3c(c2)OCO3)c1[N+](=O)[O-]. The lowest BCUT2D eigenvalue weighted by atomic mass is 10.2. The van der Waals surface area contributed by atoms with E-state index in [2.05, 4.69) is 20.7 Å². The zero-order valence-electron chi connectivity index (χ0n) is 13.1. The van der Waals surface area contributed by atoms with Crippen LogP contribution in [0.4, 0.5) is 17.3 Å². The largest absolute Gasteiger partial charge is 0.454 e. The molecular formula is C14H16N6O4. The number of ether oxygens (including phenoxy) is 2. The second-order valence-corrected chi connectivity index (χ2v) is 5.22. The van der Waals surface area contributed by atoms with E-state index in [0.29, 0.717) is 18.0 Å². The number of nitrogens with zero attached hydrogens (tertiary/aromatic N) is 4. The Morgan fingerprint density at radius 1 is 1.25 bits per heavy atom. The number of hydrazine groups is 1. The van der Waals surface area contributed by atoms with Crippen LogP contribution in [0.25, 0.3) is 0 Å². The summed E-state index contributed by atoms with van der Waals surface area (Å²) in [7, 11) is 3.43. The van der Waals surface area contributed by atoms with Crippen molar-refractivity contribution < 1.29 is 14.4 Å². The Kier molecular flexibility index (Phi) is 4.29. The minimum atomic E-state index is -0.520. The van der Waals surface area contributed by atoms with Gasteiger partial charge in [0.15, 0.2) is 11.5 Å². The summed E-state index contributed by atoms with van der Waals surface area (Å²) in [6, 6.07) is 5.47. The third-order valence-electron chi connectivity index (χ3n) is 3.23. The third-order valence-corrected chi connectivity index (χ3v) is 3.23. The highest BCUT2D eigenvalue weighted by atomic mass is 16.7. The quantitative estimate of drug-likeness (QED) is 0.601. The molecule has 0 bridgehead atoms. The summed E-state index contributed by atoms with van der Waals surface area (Å²) < 4.78 is 10.6. The molecule has 2 aromatic rings. The molecule has 10 heteroatoms. The standard InChI is InChI=1S/C14H16N6O4/c1-19(2)18-14-12(20(21)22)13(16-7-17-14)15-6-9-3-4-10-11(5-9)24-8-23-10/h3-5,7H,6,8H2,1-2H3,(H2,15,16,17,18). The van der Waals surface area contributed by atoms with Gasteiger partial charge in [-0.3, -0.25) is 15.5 Å². The normalized spacial score (nSPS) is 12.3. The van der Waals surface area contributed by atoms with Gasteiger partial charge in [-0.1, -0.05) is 6.07 Å². The summed E-state index contributed by atoms with van der Waals surface area (Å²) >= 11 is 0. The third kappa shape index (κ3) is 3.27. The summed E-state index contributed by atoms with van der Waals surface area (Å²) in [4.78, 5) is 18.8. The lowest BCUT2D eigenvalue weighted by Crippen LogP contribution is -2.21. The molecule has 0 saturated heterocycles. The Bertz CT molecular complexity index is 767. The summed E-state index contributed by atoms with van der Waals surface area (Å²) in [6.07, 6.45) is 1.26. The van der Waals surface area contributed by atoms with Crippen molar-refractivity contribution in [3.63, 3.8) is 0 Å². The average molecular weight is 332 g/mol. The van der Waals surface area contributed by atoms with Gasteiger partial charge in [-0.05, 0) is 17.7 Å². The molecule has 1 aliphatic rings. The molecule has 0 atom stereocenters. The van der Waals surface area contributed by atoms with Gasteiger partial charge in [0.2, 0.25) is 18.4 Å². The topological polar surface area (TPSA) is 115 Å². The van der Waals surface area contributed by atoms with E-state index >= 15 is 0 Å². The fraction of sp³-hybridized carbons (Fsp3) is 0.286. The molecule has 1 aromatic heterocycles. The molecule has 0 aliphatic carbocycles. The number of hydrogen-bond acceptors (Lipinski definition) is 9. The molecule has 1 aromatic carbocycles. The highest BCUT2D eigenvalue weighted by Crippen LogP contribution is 2.33.